The lowest BCUT2D eigenvalue weighted by molar-refractivity contribution is 0.568. The predicted octanol–water partition coefficient (Wildman–Crippen LogP) is 26.7. The van der Waals surface area contributed by atoms with Gasteiger partial charge in [-0.2, -0.15) is 0 Å². The van der Waals surface area contributed by atoms with Crippen LogP contribution in [0.5, 0.6) is 0 Å². The summed E-state index contributed by atoms with van der Waals surface area (Å²) >= 11 is 0. The van der Waals surface area contributed by atoms with Gasteiger partial charge < -0.3 is 9.80 Å². The molecule has 0 heterocycles. The van der Waals surface area contributed by atoms with E-state index in [9.17, 15) is 0 Å². The molecule has 0 atom stereocenters. The van der Waals surface area contributed by atoms with Gasteiger partial charge in [-0.25, -0.2) is 0 Å². The molecule has 0 unspecified atom stereocenters. The van der Waals surface area contributed by atoms with Crippen molar-refractivity contribution in [3.05, 3.63) is 165 Å². The molecule has 0 amide bonds. The molecular formula is C84H120N2. The molecule has 7 aromatic rings. The summed E-state index contributed by atoms with van der Waals surface area (Å²) in [6.07, 6.45) is 30.5. The summed E-state index contributed by atoms with van der Waals surface area (Å²) in [7, 11) is 0. The molecule has 0 radical (unpaired) electrons. The van der Waals surface area contributed by atoms with Crippen LogP contribution >= 0.6 is 0 Å². The maximum Gasteiger partial charge on any atom is 0.0620 e. The number of nitrogens with zero attached hydrogens (tertiary/aromatic N) is 2. The standard InChI is InChI=1S/C84H120N2/c1-18-23-28-33-40-62-47-48-77-78(55-62)80(86(74-60-69(83(12,13)14)57-70(61-74)84(15,16)17)72-53-65(43-36-31-26-21-4)50-66(54-72)44-37-32-27-22-5)76-46-39-38-45-75(76)79(77)85(73-58-67(81(6,7)8)56-68(59-73)82(9,10)11)71-51-63(41-34-29-24-19-2)49-64(52-71)42-35-30-25-20-3/h38-39,45-61H,18-37,40-44H2,1-17H3. The second kappa shape index (κ2) is 31.2. The fourth-order valence-electron chi connectivity index (χ4n) is 12.9. The van der Waals surface area contributed by atoms with Gasteiger partial charge in [0.25, 0.3) is 0 Å². The Morgan fingerprint density at radius 2 is 0.512 bits per heavy atom. The lowest BCUT2D eigenvalue weighted by Crippen LogP contribution is -2.20. The molecule has 0 saturated heterocycles. The third-order valence-electron chi connectivity index (χ3n) is 18.5. The van der Waals surface area contributed by atoms with E-state index in [1.165, 1.54) is 234 Å². The number of anilines is 6. The van der Waals surface area contributed by atoms with Crippen LogP contribution in [0.2, 0.25) is 0 Å². The normalized spacial score (nSPS) is 12.5. The average molecular weight is 1160 g/mol. The van der Waals surface area contributed by atoms with Gasteiger partial charge >= 0.3 is 0 Å². The van der Waals surface area contributed by atoms with E-state index in [0.29, 0.717) is 0 Å². The Balaban J connectivity index is 1.70. The highest BCUT2D eigenvalue weighted by atomic mass is 15.2. The molecule has 0 aliphatic heterocycles. The molecule has 0 fully saturated rings. The first-order chi connectivity index (χ1) is 41.0. The van der Waals surface area contributed by atoms with E-state index in [1.54, 1.807) is 0 Å². The lowest BCUT2D eigenvalue weighted by Gasteiger charge is -2.36. The third kappa shape index (κ3) is 18.4. The van der Waals surface area contributed by atoms with Crippen molar-refractivity contribution in [2.75, 3.05) is 9.80 Å². The summed E-state index contributed by atoms with van der Waals surface area (Å²) in [5, 5.41) is 5.20. The molecule has 2 heteroatoms. The fourth-order valence-corrected chi connectivity index (χ4v) is 12.9. The van der Waals surface area contributed by atoms with Gasteiger partial charge in [0.15, 0.2) is 0 Å². The number of aryl methyl sites for hydroxylation is 5. The Labute approximate surface area is 527 Å². The van der Waals surface area contributed by atoms with Crippen LogP contribution in [0.1, 0.15) is 296 Å². The quantitative estimate of drug-likeness (QED) is 0.0243. The minimum Gasteiger partial charge on any atom is -0.309 e. The molecule has 7 rings (SSSR count). The van der Waals surface area contributed by atoms with Crippen molar-refractivity contribution in [1.82, 2.24) is 0 Å². The second-order valence-corrected chi connectivity index (χ2v) is 30.4. The van der Waals surface area contributed by atoms with Crippen LogP contribution in [0.4, 0.5) is 34.1 Å². The number of benzene rings is 7. The monoisotopic (exact) mass is 1160 g/mol. The zero-order chi connectivity index (χ0) is 62.2. The van der Waals surface area contributed by atoms with Crippen molar-refractivity contribution in [1.29, 1.82) is 0 Å². The molecule has 0 N–H and O–H groups in total. The van der Waals surface area contributed by atoms with Gasteiger partial charge in [0.2, 0.25) is 0 Å². The molecule has 0 aromatic heterocycles. The minimum absolute atomic E-state index is 0.0681. The molecular weight excluding hydrogens is 1040 g/mol. The average Bonchev–Trinajstić information content (AvgIpc) is 0.756. The van der Waals surface area contributed by atoms with E-state index in [-0.39, 0.29) is 21.7 Å². The van der Waals surface area contributed by atoms with Gasteiger partial charge in [-0.15, -0.1) is 0 Å². The molecule has 0 bridgehead atoms. The Morgan fingerprint density at radius 1 is 0.244 bits per heavy atom. The largest absolute Gasteiger partial charge is 0.309 e. The zero-order valence-corrected chi connectivity index (χ0v) is 58.0. The Morgan fingerprint density at radius 3 is 0.802 bits per heavy atom. The number of rotatable bonds is 31. The van der Waals surface area contributed by atoms with Crippen LogP contribution in [-0.2, 0) is 53.8 Å². The van der Waals surface area contributed by atoms with Gasteiger partial charge in [-0.3, -0.25) is 0 Å². The smallest absolute Gasteiger partial charge is 0.0620 e. The van der Waals surface area contributed by atoms with E-state index >= 15 is 0 Å². The SMILES string of the molecule is CCCCCCc1cc(CCCCCC)cc(N(c2cc(C(C)(C)C)cc(C(C)(C)C)c2)c2c3ccccc3c(N(c3cc(CCCCCC)cc(CCCCCC)c3)c3cc(C(C)(C)C)cc(C(C)(C)C)c3)c3cc(CCCCCC)ccc23)c1. The molecule has 7 aromatic carbocycles. The van der Waals surface area contributed by atoms with Gasteiger partial charge in [-0.05, 0) is 191 Å². The van der Waals surface area contributed by atoms with E-state index in [0.717, 1.165) is 32.1 Å². The summed E-state index contributed by atoms with van der Waals surface area (Å²) in [6, 6.07) is 48.2. The first-order valence-corrected chi connectivity index (χ1v) is 35.1. The molecule has 86 heavy (non-hydrogen) atoms. The van der Waals surface area contributed by atoms with Crippen LogP contribution in [0.3, 0.4) is 0 Å². The van der Waals surface area contributed by atoms with Crippen LogP contribution in [-0.4, -0.2) is 0 Å². The van der Waals surface area contributed by atoms with Crippen LogP contribution in [0, 0.1) is 0 Å². The number of hydrogen-bond donors (Lipinski definition) is 0. The van der Waals surface area contributed by atoms with E-state index in [1.807, 2.05) is 0 Å². The summed E-state index contributed by atoms with van der Waals surface area (Å²) in [6.45, 7) is 40.6. The molecule has 0 aliphatic rings. The van der Waals surface area contributed by atoms with Crippen molar-refractivity contribution in [2.24, 2.45) is 0 Å². The molecule has 0 spiro atoms. The maximum atomic E-state index is 2.78. The highest BCUT2D eigenvalue weighted by Gasteiger charge is 2.31. The first-order valence-electron chi connectivity index (χ1n) is 35.1. The number of unbranched alkanes of at least 4 members (excludes halogenated alkanes) is 15. The minimum atomic E-state index is -0.0692. The van der Waals surface area contributed by atoms with E-state index < -0.39 is 0 Å². The van der Waals surface area contributed by atoms with Crippen molar-refractivity contribution < 1.29 is 0 Å². The van der Waals surface area contributed by atoms with E-state index in [2.05, 4.69) is 243 Å². The number of fused-ring (bicyclic) bond motifs is 2. The summed E-state index contributed by atoms with van der Waals surface area (Å²) in [4.78, 5) is 5.54. The molecule has 0 saturated carbocycles. The summed E-state index contributed by atoms with van der Waals surface area (Å²) in [5.41, 5.74) is 20.2. The van der Waals surface area contributed by atoms with Crippen LogP contribution in [0.15, 0.2) is 115 Å². The Bertz CT molecular complexity index is 3120. The Kier molecular flexibility index (Phi) is 24.7. The molecule has 0 aliphatic carbocycles. The maximum absolute atomic E-state index is 2.78. The molecule has 466 valence electrons. The topological polar surface area (TPSA) is 6.48 Å². The van der Waals surface area contributed by atoms with Gasteiger partial charge in [0.1, 0.15) is 0 Å². The van der Waals surface area contributed by atoms with E-state index in [4.69, 9.17) is 0 Å². The Hall–Kier alpha value is -5.34. The first kappa shape index (κ1) is 68.2. The van der Waals surface area contributed by atoms with Crippen molar-refractivity contribution in [3.63, 3.8) is 0 Å². The van der Waals surface area contributed by atoms with Gasteiger partial charge in [0.05, 0.1) is 11.4 Å². The van der Waals surface area contributed by atoms with Crippen molar-refractivity contribution in [3.8, 4) is 0 Å². The highest BCUT2D eigenvalue weighted by molar-refractivity contribution is 6.23. The third-order valence-corrected chi connectivity index (χ3v) is 18.5. The highest BCUT2D eigenvalue weighted by Crippen LogP contribution is 2.53. The van der Waals surface area contributed by atoms with Gasteiger partial charge in [-0.1, -0.05) is 275 Å². The van der Waals surface area contributed by atoms with Crippen molar-refractivity contribution >= 4 is 55.7 Å². The summed E-state index contributed by atoms with van der Waals surface area (Å²) < 4.78 is 0. The second-order valence-electron chi connectivity index (χ2n) is 30.4. The lowest BCUT2D eigenvalue weighted by atomic mass is 9.80. The fraction of sp³-hybridized carbons (Fsp3) is 0.548. The predicted molar refractivity (Wildman–Crippen MR) is 385 cm³/mol. The zero-order valence-electron chi connectivity index (χ0n) is 58.0. The number of hydrogen-bond acceptors (Lipinski definition) is 2. The molecule has 2 nitrogen and oxygen atoms in total. The summed E-state index contributed by atoms with van der Waals surface area (Å²) in [5.74, 6) is 0. The van der Waals surface area contributed by atoms with Crippen LogP contribution < -0.4 is 9.80 Å². The van der Waals surface area contributed by atoms with Gasteiger partial charge in [0, 0.05) is 44.3 Å². The van der Waals surface area contributed by atoms with Crippen LogP contribution in [0.25, 0.3) is 21.5 Å². The van der Waals surface area contributed by atoms with Crippen molar-refractivity contribution in [2.45, 2.75) is 300 Å².